The van der Waals surface area contributed by atoms with Crippen molar-refractivity contribution in [1.82, 2.24) is 0 Å². The Morgan fingerprint density at radius 1 is 0.960 bits per heavy atom. The number of hydrogen-bond acceptors (Lipinski definition) is 2. The third-order valence-corrected chi connectivity index (χ3v) is 4.31. The van der Waals surface area contributed by atoms with Gasteiger partial charge in [-0.15, -0.1) is 0 Å². The van der Waals surface area contributed by atoms with E-state index >= 15 is 0 Å². The molecule has 2 aromatic rings. The summed E-state index contributed by atoms with van der Waals surface area (Å²) in [6.07, 6.45) is 0.251. The maximum absolute atomic E-state index is 12.3. The van der Waals surface area contributed by atoms with Crippen LogP contribution < -0.4 is 10.2 Å². The Kier molecular flexibility index (Phi) is 5.97. The lowest BCUT2D eigenvalue weighted by Gasteiger charge is -2.25. The van der Waals surface area contributed by atoms with Gasteiger partial charge in [0.05, 0.1) is 0 Å². The molecule has 132 valence electrons. The maximum atomic E-state index is 12.3. The van der Waals surface area contributed by atoms with Crippen molar-refractivity contribution in [3.63, 3.8) is 0 Å². The van der Waals surface area contributed by atoms with Gasteiger partial charge in [-0.3, -0.25) is 9.59 Å². The van der Waals surface area contributed by atoms with Gasteiger partial charge in [0.2, 0.25) is 11.8 Å². The van der Waals surface area contributed by atoms with Crippen LogP contribution in [0.4, 0.5) is 11.4 Å². The minimum atomic E-state index is -0.0931. The molecule has 0 atom stereocenters. The molecule has 2 rings (SSSR count). The predicted octanol–water partition coefficient (Wildman–Crippen LogP) is 4.30. The van der Waals surface area contributed by atoms with E-state index in [1.54, 1.807) is 4.90 Å². The number of benzene rings is 2. The minimum Gasteiger partial charge on any atom is -0.326 e. The molecule has 2 amide bonds. The van der Waals surface area contributed by atoms with Gasteiger partial charge in [0.15, 0.2) is 0 Å². The zero-order chi connectivity index (χ0) is 18.6. The van der Waals surface area contributed by atoms with E-state index in [4.69, 9.17) is 0 Å². The number of nitrogens with zero attached hydrogens (tertiary/aromatic N) is 1. The predicted molar refractivity (Wildman–Crippen MR) is 103 cm³/mol. The van der Waals surface area contributed by atoms with Crippen molar-refractivity contribution in [2.24, 2.45) is 0 Å². The first kappa shape index (κ1) is 18.7. The number of amides is 2. The molecular weight excluding hydrogens is 312 g/mol. The van der Waals surface area contributed by atoms with E-state index in [2.05, 4.69) is 5.32 Å². The van der Waals surface area contributed by atoms with Crippen molar-refractivity contribution in [2.45, 2.75) is 41.0 Å². The molecule has 0 aliphatic rings. The molecule has 0 aliphatic heterocycles. The molecule has 0 aromatic heterocycles. The van der Waals surface area contributed by atoms with Gasteiger partial charge in [0, 0.05) is 31.3 Å². The number of carbonyl (C=O) groups is 2. The van der Waals surface area contributed by atoms with E-state index in [0.717, 1.165) is 33.6 Å². The van der Waals surface area contributed by atoms with Crippen LogP contribution in [0.25, 0.3) is 0 Å². The van der Waals surface area contributed by atoms with Gasteiger partial charge in [-0.25, -0.2) is 0 Å². The summed E-state index contributed by atoms with van der Waals surface area (Å²) in [4.78, 5) is 26.1. The number of hydrogen-bond donors (Lipinski definition) is 1. The molecule has 0 fully saturated rings. The Hall–Kier alpha value is -2.62. The molecular formula is C21H26N2O2. The van der Waals surface area contributed by atoms with Crippen LogP contribution in [0.3, 0.4) is 0 Å². The second-order valence-electron chi connectivity index (χ2n) is 6.53. The first-order valence-electron chi connectivity index (χ1n) is 8.51. The molecule has 0 bridgehead atoms. The maximum Gasteiger partial charge on any atom is 0.226 e. The average molecular weight is 338 g/mol. The summed E-state index contributed by atoms with van der Waals surface area (Å²) in [5, 5.41) is 2.94. The highest BCUT2D eigenvalue weighted by atomic mass is 16.2. The van der Waals surface area contributed by atoms with Crippen molar-refractivity contribution in [2.75, 3.05) is 16.8 Å². The quantitative estimate of drug-likeness (QED) is 0.883. The fourth-order valence-corrected chi connectivity index (χ4v) is 3.04. The van der Waals surface area contributed by atoms with E-state index in [1.165, 1.54) is 6.92 Å². The second-order valence-corrected chi connectivity index (χ2v) is 6.53. The van der Waals surface area contributed by atoms with Gasteiger partial charge in [0.25, 0.3) is 0 Å². The zero-order valence-electron chi connectivity index (χ0n) is 15.6. The minimum absolute atomic E-state index is 0.0586. The molecule has 0 unspecified atom stereocenters. The number of aryl methyl sites for hydroxylation is 4. The normalized spacial score (nSPS) is 10.4. The lowest BCUT2D eigenvalue weighted by molar-refractivity contribution is -0.117. The largest absolute Gasteiger partial charge is 0.326 e. The van der Waals surface area contributed by atoms with E-state index in [9.17, 15) is 9.59 Å². The monoisotopic (exact) mass is 338 g/mol. The average Bonchev–Trinajstić information content (AvgIpc) is 2.52. The smallest absolute Gasteiger partial charge is 0.226 e. The molecule has 25 heavy (non-hydrogen) atoms. The van der Waals surface area contributed by atoms with Crippen molar-refractivity contribution in [3.05, 3.63) is 58.7 Å². The van der Waals surface area contributed by atoms with Crippen molar-refractivity contribution < 1.29 is 9.59 Å². The molecule has 0 heterocycles. The third-order valence-electron chi connectivity index (χ3n) is 4.31. The Labute approximate surface area is 149 Å². The summed E-state index contributed by atoms with van der Waals surface area (Å²) < 4.78 is 0. The topological polar surface area (TPSA) is 49.4 Å². The summed E-state index contributed by atoms with van der Waals surface area (Å²) in [6.45, 7) is 9.85. The summed E-state index contributed by atoms with van der Waals surface area (Å²) in [7, 11) is 0. The summed E-state index contributed by atoms with van der Waals surface area (Å²) in [5.41, 5.74) is 5.97. The molecule has 0 saturated heterocycles. The summed E-state index contributed by atoms with van der Waals surface area (Å²) in [6, 6.07) is 11.9. The zero-order valence-corrected chi connectivity index (χ0v) is 15.6. The first-order valence-corrected chi connectivity index (χ1v) is 8.51. The Balaban J connectivity index is 2.09. The second kappa shape index (κ2) is 7.97. The number of anilines is 2. The molecule has 0 radical (unpaired) electrons. The lowest BCUT2D eigenvalue weighted by Crippen LogP contribution is -2.33. The highest BCUT2D eigenvalue weighted by Crippen LogP contribution is 2.25. The molecule has 1 N–H and O–H groups in total. The van der Waals surface area contributed by atoms with Crippen LogP contribution in [0.1, 0.15) is 35.6 Å². The van der Waals surface area contributed by atoms with Gasteiger partial charge >= 0.3 is 0 Å². The van der Waals surface area contributed by atoms with Crippen molar-refractivity contribution in [3.8, 4) is 0 Å². The van der Waals surface area contributed by atoms with Gasteiger partial charge in [-0.05, 0) is 50.5 Å². The van der Waals surface area contributed by atoms with Gasteiger partial charge in [-0.1, -0.05) is 35.9 Å². The molecule has 2 aromatic carbocycles. The van der Waals surface area contributed by atoms with Crippen LogP contribution in [0.2, 0.25) is 0 Å². The molecule has 4 nitrogen and oxygen atoms in total. The first-order chi connectivity index (χ1) is 11.8. The highest BCUT2D eigenvalue weighted by molar-refractivity contribution is 5.96. The van der Waals surface area contributed by atoms with E-state index < -0.39 is 0 Å². The van der Waals surface area contributed by atoms with Crippen molar-refractivity contribution >= 4 is 23.2 Å². The van der Waals surface area contributed by atoms with Crippen LogP contribution in [0.15, 0.2) is 36.4 Å². The van der Waals surface area contributed by atoms with Crippen LogP contribution in [-0.4, -0.2) is 18.4 Å². The molecule has 0 spiro atoms. The van der Waals surface area contributed by atoms with Crippen molar-refractivity contribution in [1.29, 1.82) is 0 Å². The molecule has 4 heteroatoms. The third kappa shape index (κ3) is 4.69. The fourth-order valence-electron chi connectivity index (χ4n) is 3.04. The van der Waals surface area contributed by atoms with E-state index in [0.29, 0.717) is 6.54 Å². The number of nitrogens with one attached hydrogen (secondary N) is 1. The summed E-state index contributed by atoms with van der Waals surface area (Å²) in [5.74, 6) is -0.152. The van der Waals surface area contributed by atoms with Gasteiger partial charge < -0.3 is 10.2 Å². The Morgan fingerprint density at radius 3 is 2.16 bits per heavy atom. The number of para-hydroxylation sites is 1. The number of rotatable bonds is 5. The Morgan fingerprint density at radius 2 is 1.60 bits per heavy atom. The van der Waals surface area contributed by atoms with Gasteiger partial charge in [-0.2, -0.15) is 0 Å². The fraction of sp³-hybridized carbons (Fsp3) is 0.333. The molecule has 0 saturated carbocycles. The standard InChI is InChI=1S/C21H26N2O2/c1-14-9-10-19(17(4)13-14)22-20(25)11-12-23(18(5)24)21-15(2)7-6-8-16(21)3/h6-10,13H,11-12H2,1-5H3,(H,22,25). The van der Waals surface area contributed by atoms with Crippen LogP contribution in [0.5, 0.6) is 0 Å². The lowest BCUT2D eigenvalue weighted by atomic mass is 10.1. The van der Waals surface area contributed by atoms with E-state index in [1.807, 2.05) is 64.1 Å². The molecule has 0 aliphatic carbocycles. The SMILES string of the molecule is CC(=O)N(CCC(=O)Nc1ccc(C)cc1C)c1c(C)cccc1C. The summed E-state index contributed by atoms with van der Waals surface area (Å²) >= 11 is 0. The number of carbonyl (C=O) groups excluding carboxylic acids is 2. The van der Waals surface area contributed by atoms with Gasteiger partial charge in [0.1, 0.15) is 0 Å². The van der Waals surface area contributed by atoms with Crippen LogP contribution in [-0.2, 0) is 9.59 Å². The van der Waals surface area contributed by atoms with Crippen LogP contribution >= 0.6 is 0 Å². The highest BCUT2D eigenvalue weighted by Gasteiger charge is 2.17. The van der Waals surface area contributed by atoms with E-state index in [-0.39, 0.29) is 18.2 Å². The van der Waals surface area contributed by atoms with Crippen LogP contribution in [0, 0.1) is 27.7 Å². The Bertz CT molecular complexity index is 776.